The number of aliphatic carboxylic acids is 1. The minimum atomic E-state index is -1.01. The van der Waals surface area contributed by atoms with Crippen molar-refractivity contribution in [1.82, 2.24) is 5.32 Å². The van der Waals surface area contributed by atoms with Gasteiger partial charge in [0.2, 0.25) is 11.8 Å². The molecule has 2 N–H and O–H groups in total. The maximum absolute atomic E-state index is 13.0. The van der Waals surface area contributed by atoms with Crippen LogP contribution in [0.2, 0.25) is 0 Å². The molecule has 1 aliphatic rings. The lowest BCUT2D eigenvalue weighted by atomic mass is 9.84. The first kappa shape index (κ1) is 18.9. The fourth-order valence-electron chi connectivity index (χ4n) is 2.88. The number of amides is 2. The number of hydrogen-bond donors (Lipinski definition) is 2. The van der Waals surface area contributed by atoms with Crippen LogP contribution >= 0.6 is 0 Å². The van der Waals surface area contributed by atoms with Crippen LogP contribution in [0.25, 0.3) is 0 Å². The van der Waals surface area contributed by atoms with E-state index in [2.05, 4.69) is 5.32 Å². The summed E-state index contributed by atoms with van der Waals surface area (Å²) < 4.78 is 13.0. The number of hydrogen-bond acceptors (Lipinski definition) is 3. The third-order valence-corrected chi connectivity index (χ3v) is 4.86. The standard InChI is InChI=1S/C18H23FN2O4/c1-11(2)18(3,10-15(22)23)20-16(24)14-8-9-21(17(14)25)13-6-4-12(19)5-7-13/h4-7,11,14H,8-10H2,1-3H3,(H,20,24)(H,22,23). The lowest BCUT2D eigenvalue weighted by Crippen LogP contribution is -2.53. The molecule has 1 aliphatic heterocycles. The zero-order chi connectivity index (χ0) is 18.8. The molecule has 0 bridgehead atoms. The molecule has 0 aromatic heterocycles. The van der Waals surface area contributed by atoms with Crippen molar-refractivity contribution in [3.8, 4) is 0 Å². The van der Waals surface area contributed by atoms with E-state index in [-0.39, 0.29) is 18.2 Å². The van der Waals surface area contributed by atoms with E-state index in [9.17, 15) is 18.8 Å². The highest BCUT2D eigenvalue weighted by Gasteiger charge is 2.41. The Kier molecular flexibility index (Phi) is 5.45. The van der Waals surface area contributed by atoms with Gasteiger partial charge in [-0.1, -0.05) is 13.8 Å². The Morgan fingerprint density at radius 3 is 2.48 bits per heavy atom. The summed E-state index contributed by atoms with van der Waals surface area (Å²) in [6.07, 6.45) is 0.113. The summed E-state index contributed by atoms with van der Waals surface area (Å²) in [6.45, 7) is 5.68. The normalized spacial score (nSPS) is 19.8. The second-order valence-corrected chi connectivity index (χ2v) is 6.94. The Morgan fingerprint density at radius 2 is 1.96 bits per heavy atom. The number of carboxylic acids is 1. The molecule has 0 aliphatic carbocycles. The largest absolute Gasteiger partial charge is 0.481 e. The summed E-state index contributed by atoms with van der Waals surface area (Å²) in [5.74, 6) is -3.21. The first-order chi connectivity index (χ1) is 11.6. The molecule has 7 heteroatoms. The number of rotatable bonds is 6. The Morgan fingerprint density at radius 1 is 1.36 bits per heavy atom. The minimum absolute atomic E-state index is 0.114. The number of halogens is 1. The molecule has 2 atom stereocenters. The number of nitrogens with zero attached hydrogens (tertiary/aromatic N) is 1. The average molecular weight is 350 g/mol. The van der Waals surface area contributed by atoms with Gasteiger partial charge in [-0.05, 0) is 43.5 Å². The zero-order valence-corrected chi connectivity index (χ0v) is 14.6. The molecule has 0 radical (unpaired) electrons. The predicted molar refractivity (Wildman–Crippen MR) is 90.5 cm³/mol. The second-order valence-electron chi connectivity index (χ2n) is 6.94. The van der Waals surface area contributed by atoms with Crippen LogP contribution in [0.5, 0.6) is 0 Å². The van der Waals surface area contributed by atoms with Gasteiger partial charge in [0, 0.05) is 17.8 Å². The highest BCUT2D eigenvalue weighted by atomic mass is 19.1. The van der Waals surface area contributed by atoms with E-state index in [1.54, 1.807) is 6.92 Å². The van der Waals surface area contributed by atoms with Crippen molar-refractivity contribution in [2.24, 2.45) is 11.8 Å². The number of nitrogens with one attached hydrogen (secondary N) is 1. The van der Waals surface area contributed by atoms with Crippen molar-refractivity contribution in [2.45, 2.75) is 39.2 Å². The molecule has 0 spiro atoms. The predicted octanol–water partition coefficient (Wildman–Crippen LogP) is 2.18. The van der Waals surface area contributed by atoms with E-state index >= 15 is 0 Å². The van der Waals surface area contributed by atoms with Gasteiger partial charge >= 0.3 is 5.97 Å². The van der Waals surface area contributed by atoms with Crippen molar-refractivity contribution in [2.75, 3.05) is 11.4 Å². The van der Waals surface area contributed by atoms with Crippen molar-refractivity contribution >= 4 is 23.5 Å². The molecule has 6 nitrogen and oxygen atoms in total. The van der Waals surface area contributed by atoms with E-state index in [0.717, 1.165) is 0 Å². The van der Waals surface area contributed by atoms with Gasteiger partial charge in [0.15, 0.2) is 0 Å². The van der Waals surface area contributed by atoms with Crippen LogP contribution in [0.1, 0.15) is 33.6 Å². The van der Waals surface area contributed by atoms with Crippen molar-refractivity contribution in [3.05, 3.63) is 30.1 Å². The molecule has 25 heavy (non-hydrogen) atoms. The summed E-state index contributed by atoms with van der Waals surface area (Å²) >= 11 is 0. The van der Waals surface area contributed by atoms with Crippen molar-refractivity contribution in [1.29, 1.82) is 0 Å². The van der Waals surface area contributed by atoms with Gasteiger partial charge < -0.3 is 15.3 Å². The Balaban J connectivity index is 2.11. The average Bonchev–Trinajstić information content (AvgIpc) is 2.89. The lowest BCUT2D eigenvalue weighted by Gasteiger charge is -2.34. The highest BCUT2D eigenvalue weighted by Crippen LogP contribution is 2.27. The van der Waals surface area contributed by atoms with Gasteiger partial charge in [0.25, 0.3) is 0 Å². The SMILES string of the molecule is CC(C)C(C)(CC(=O)O)NC(=O)C1CCN(c2ccc(F)cc2)C1=O. The summed E-state index contributed by atoms with van der Waals surface area (Å²) in [4.78, 5) is 37.7. The van der Waals surface area contributed by atoms with Gasteiger partial charge in [-0.2, -0.15) is 0 Å². The smallest absolute Gasteiger partial charge is 0.305 e. The van der Waals surface area contributed by atoms with Gasteiger partial charge in [-0.25, -0.2) is 4.39 Å². The topological polar surface area (TPSA) is 86.7 Å². The van der Waals surface area contributed by atoms with Gasteiger partial charge in [-0.15, -0.1) is 0 Å². The lowest BCUT2D eigenvalue weighted by molar-refractivity contribution is -0.140. The highest BCUT2D eigenvalue weighted by molar-refractivity contribution is 6.09. The van der Waals surface area contributed by atoms with Crippen LogP contribution in [-0.2, 0) is 14.4 Å². The molecule has 2 amide bonds. The molecule has 136 valence electrons. The molecular weight excluding hydrogens is 327 g/mol. The van der Waals surface area contributed by atoms with Crippen LogP contribution in [0, 0.1) is 17.7 Å². The Hall–Kier alpha value is -2.44. The summed E-state index contributed by atoms with van der Waals surface area (Å²) in [5, 5.41) is 11.8. The molecule has 0 saturated carbocycles. The zero-order valence-electron chi connectivity index (χ0n) is 14.6. The third-order valence-electron chi connectivity index (χ3n) is 4.86. The molecule has 1 aromatic rings. The quantitative estimate of drug-likeness (QED) is 0.770. The summed E-state index contributed by atoms with van der Waals surface area (Å²) in [7, 11) is 0. The van der Waals surface area contributed by atoms with Gasteiger partial charge in [0.1, 0.15) is 11.7 Å². The fraction of sp³-hybridized carbons (Fsp3) is 0.500. The third kappa shape index (κ3) is 4.15. The fourth-order valence-corrected chi connectivity index (χ4v) is 2.88. The van der Waals surface area contributed by atoms with Crippen LogP contribution in [0.15, 0.2) is 24.3 Å². The molecule has 1 fully saturated rings. The molecule has 2 unspecified atom stereocenters. The maximum atomic E-state index is 13.0. The van der Waals surface area contributed by atoms with Crippen LogP contribution in [0.3, 0.4) is 0 Å². The first-order valence-electron chi connectivity index (χ1n) is 8.25. The van der Waals surface area contributed by atoms with E-state index in [0.29, 0.717) is 18.7 Å². The number of carbonyl (C=O) groups is 3. The van der Waals surface area contributed by atoms with Crippen LogP contribution in [0.4, 0.5) is 10.1 Å². The molecule has 2 rings (SSSR count). The van der Waals surface area contributed by atoms with Crippen molar-refractivity contribution < 1.29 is 23.9 Å². The summed E-state index contributed by atoms with van der Waals surface area (Å²) in [6, 6.07) is 5.52. The van der Waals surface area contributed by atoms with E-state index in [1.165, 1.54) is 29.2 Å². The Bertz CT molecular complexity index is 674. The van der Waals surface area contributed by atoms with Gasteiger partial charge in [-0.3, -0.25) is 14.4 Å². The minimum Gasteiger partial charge on any atom is -0.481 e. The summed E-state index contributed by atoms with van der Waals surface area (Å²) in [5.41, 5.74) is -0.397. The first-order valence-corrected chi connectivity index (χ1v) is 8.25. The van der Waals surface area contributed by atoms with E-state index in [4.69, 9.17) is 5.11 Å². The molecule has 1 aromatic carbocycles. The molecular formula is C18H23FN2O4. The number of benzene rings is 1. The molecule has 1 heterocycles. The van der Waals surface area contributed by atoms with Crippen molar-refractivity contribution in [3.63, 3.8) is 0 Å². The number of carboxylic acid groups (broad SMARTS) is 1. The van der Waals surface area contributed by atoms with E-state index < -0.39 is 29.2 Å². The number of carbonyl (C=O) groups excluding carboxylic acids is 2. The second kappa shape index (κ2) is 7.21. The Labute approximate surface area is 146 Å². The van der Waals surface area contributed by atoms with Gasteiger partial charge in [0.05, 0.1) is 6.42 Å². The maximum Gasteiger partial charge on any atom is 0.305 e. The van der Waals surface area contributed by atoms with Crippen LogP contribution in [-0.4, -0.2) is 35.0 Å². The molecule has 1 saturated heterocycles. The van der Waals surface area contributed by atoms with Crippen LogP contribution < -0.4 is 10.2 Å². The number of anilines is 1. The monoisotopic (exact) mass is 350 g/mol. The van der Waals surface area contributed by atoms with E-state index in [1.807, 2.05) is 13.8 Å².